The molecule has 0 atom stereocenters. The van der Waals surface area contributed by atoms with Gasteiger partial charge in [-0.15, -0.1) is 0 Å². The van der Waals surface area contributed by atoms with Crippen molar-refractivity contribution in [3.63, 3.8) is 0 Å². The molecule has 1 aliphatic rings. The maximum Gasteiger partial charge on any atom is 0.258 e. The quantitative estimate of drug-likeness (QED) is 0.808. The Labute approximate surface area is 144 Å². The number of hydrogen-bond donors (Lipinski definition) is 2. The summed E-state index contributed by atoms with van der Waals surface area (Å²) in [4.78, 5) is 27.4. The van der Waals surface area contributed by atoms with Crippen LogP contribution in [0.1, 0.15) is 18.4 Å². The summed E-state index contributed by atoms with van der Waals surface area (Å²) in [6, 6.07) is 9.48. The zero-order valence-electron chi connectivity index (χ0n) is 13.5. The summed E-state index contributed by atoms with van der Waals surface area (Å²) in [5.74, 6) is -0.354. The SMILES string of the molecule is O=C(COc1ccc(NC(=O)C2CC2)cn1)NCc1ccccc1F. The minimum atomic E-state index is -0.379. The molecule has 130 valence electrons. The minimum Gasteiger partial charge on any atom is -0.468 e. The van der Waals surface area contributed by atoms with Crippen LogP contribution < -0.4 is 15.4 Å². The maximum atomic E-state index is 13.5. The highest BCUT2D eigenvalue weighted by Gasteiger charge is 2.29. The number of rotatable bonds is 7. The molecule has 2 amide bonds. The Morgan fingerprint density at radius 3 is 2.68 bits per heavy atom. The van der Waals surface area contributed by atoms with E-state index in [1.807, 2.05) is 0 Å². The van der Waals surface area contributed by atoms with Crippen molar-refractivity contribution in [3.05, 3.63) is 54.0 Å². The average Bonchev–Trinajstić information content (AvgIpc) is 3.45. The number of nitrogens with one attached hydrogen (secondary N) is 2. The van der Waals surface area contributed by atoms with E-state index < -0.39 is 0 Å². The normalized spacial score (nSPS) is 13.2. The lowest BCUT2D eigenvalue weighted by Crippen LogP contribution is -2.28. The summed E-state index contributed by atoms with van der Waals surface area (Å²) < 4.78 is 18.7. The van der Waals surface area contributed by atoms with E-state index in [0.29, 0.717) is 11.3 Å². The van der Waals surface area contributed by atoms with Gasteiger partial charge in [-0.25, -0.2) is 9.37 Å². The van der Waals surface area contributed by atoms with E-state index in [-0.39, 0.29) is 42.6 Å². The van der Waals surface area contributed by atoms with Gasteiger partial charge in [-0.2, -0.15) is 0 Å². The van der Waals surface area contributed by atoms with Gasteiger partial charge < -0.3 is 15.4 Å². The van der Waals surface area contributed by atoms with Crippen LogP contribution in [0.25, 0.3) is 0 Å². The molecule has 1 heterocycles. The summed E-state index contributed by atoms with van der Waals surface area (Å²) in [6.07, 6.45) is 3.35. The number of amides is 2. The van der Waals surface area contributed by atoms with Crippen molar-refractivity contribution in [2.45, 2.75) is 19.4 Å². The number of ether oxygens (including phenoxy) is 1. The number of hydrogen-bond acceptors (Lipinski definition) is 4. The number of carbonyl (C=O) groups excluding carboxylic acids is 2. The van der Waals surface area contributed by atoms with Crippen molar-refractivity contribution < 1.29 is 18.7 Å². The Bertz CT molecular complexity index is 760. The van der Waals surface area contributed by atoms with Gasteiger partial charge in [-0.3, -0.25) is 9.59 Å². The Morgan fingerprint density at radius 1 is 1.20 bits per heavy atom. The molecule has 1 aliphatic carbocycles. The lowest BCUT2D eigenvalue weighted by molar-refractivity contribution is -0.123. The smallest absolute Gasteiger partial charge is 0.258 e. The van der Waals surface area contributed by atoms with Crippen LogP contribution in [0, 0.1) is 11.7 Å². The fraction of sp³-hybridized carbons (Fsp3) is 0.278. The first-order chi connectivity index (χ1) is 12.1. The summed E-state index contributed by atoms with van der Waals surface area (Å²) in [5.41, 5.74) is 0.998. The second-order valence-corrected chi connectivity index (χ2v) is 5.81. The number of pyridine rings is 1. The van der Waals surface area contributed by atoms with E-state index in [9.17, 15) is 14.0 Å². The van der Waals surface area contributed by atoms with Crippen molar-refractivity contribution in [1.29, 1.82) is 0 Å². The van der Waals surface area contributed by atoms with Gasteiger partial charge in [-0.1, -0.05) is 18.2 Å². The van der Waals surface area contributed by atoms with Crippen molar-refractivity contribution in [2.24, 2.45) is 5.92 Å². The second kappa shape index (κ2) is 7.74. The first kappa shape index (κ1) is 16.9. The van der Waals surface area contributed by atoms with Crippen LogP contribution in [0.2, 0.25) is 0 Å². The van der Waals surface area contributed by atoms with Crippen LogP contribution in [0.5, 0.6) is 5.88 Å². The molecule has 3 rings (SSSR count). The molecule has 0 unspecified atom stereocenters. The number of anilines is 1. The van der Waals surface area contributed by atoms with Crippen molar-refractivity contribution in [1.82, 2.24) is 10.3 Å². The van der Waals surface area contributed by atoms with E-state index in [1.165, 1.54) is 12.3 Å². The molecule has 1 fully saturated rings. The summed E-state index contributed by atoms with van der Waals surface area (Å²) in [6.45, 7) is -0.135. The van der Waals surface area contributed by atoms with Crippen molar-refractivity contribution >= 4 is 17.5 Å². The predicted molar refractivity (Wildman–Crippen MR) is 89.3 cm³/mol. The third-order valence-corrected chi connectivity index (χ3v) is 3.74. The van der Waals surface area contributed by atoms with Gasteiger partial charge in [0.05, 0.1) is 11.9 Å². The fourth-order valence-electron chi connectivity index (χ4n) is 2.16. The largest absolute Gasteiger partial charge is 0.468 e. The molecule has 2 aromatic rings. The molecule has 25 heavy (non-hydrogen) atoms. The monoisotopic (exact) mass is 343 g/mol. The molecule has 0 spiro atoms. The van der Waals surface area contributed by atoms with Gasteiger partial charge in [-0.05, 0) is 25.0 Å². The van der Waals surface area contributed by atoms with Gasteiger partial charge in [0, 0.05) is 24.1 Å². The Balaban J connectivity index is 1.42. The highest BCUT2D eigenvalue weighted by atomic mass is 19.1. The van der Waals surface area contributed by atoms with E-state index in [0.717, 1.165) is 12.8 Å². The van der Waals surface area contributed by atoms with Crippen LogP contribution in [0.4, 0.5) is 10.1 Å². The number of carbonyl (C=O) groups is 2. The van der Waals surface area contributed by atoms with E-state index >= 15 is 0 Å². The first-order valence-electron chi connectivity index (χ1n) is 8.01. The molecule has 0 saturated heterocycles. The van der Waals surface area contributed by atoms with Gasteiger partial charge in [0.15, 0.2) is 6.61 Å². The number of nitrogens with zero attached hydrogens (tertiary/aromatic N) is 1. The van der Waals surface area contributed by atoms with E-state index in [4.69, 9.17) is 4.74 Å². The zero-order chi connectivity index (χ0) is 17.6. The molecule has 7 heteroatoms. The van der Waals surface area contributed by atoms with Crippen LogP contribution in [0.3, 0.4) is 0 Å². The minimum absolute atomic E-state index is 0.00277. The molecule has 0 aliphatic heterocycles. The van der Waals surface area contributed by atoms with E-state index in [2.05, 4.69) is 15.6 Å². The first-order valence-corrected chi connectivity index (χ1v) is 8.01. The molecule has 1 aromatic carbocycles. The Kier molecular flexibility index (Phi) is 5.23. The number of halogens is 1. The molecule has 6 nitrogen and oxygen atoms in total. The molecular formula is C18H18FN3O3. The van der Waals surface area contributed by atoms with E-state index in [1.54, 1.807) is 30.3 Å². The van der Waals surface area contributed by atoms with Gasteiger partial charge in [0.2, 0.25) is 11.8 Å². The zero-order valence-corrected chi connectivity index (χ0v) is 13.5. The second-order valence-electron chi connectivity index (χ2n) is 5.81. The number of benzene rings is 1. The topological polar surface area (TPSA) is 80.3 Å². The summed E-state index contributed by atoms with van der Waals surface area (Å²) >= 11 is 0. The van der Waals surface area contributed by atoms with Crippen LogP contribution in [-0.2, 0) is 16.1 Å². The fourth-order valence-corrected chi connectivity index (χ4v) is 2.16. The lowest BCUT2D eigenvalue weighted by atomic mass is 10.2. The van der Waals surface area contributed by atoms with Gasteiger partial charge in [0.1, 0.15) is 5.82 Å². The lowest BCUT2D eigenvalue weighted by Gasteiger charge is -2.08. The summed E-state index contributed by atoms with van der Waals surface area (Å²) in [7, 11) is 0. The molecule has 0 radical (unpaired) electrons. The standard InChI is InChI=1S/C18H18FN3O3/c19-15-4-2-1-3-13(15)9-20-16(23)11-25-17-8-7-14(10-21-17)22-18(24)12-5-6-12/h1-4,7-8,10,12H,5-6,9,11H2,(H,20,23)(H,22,24). The van der Waals surface area contributed by atoms with Gasteiger partial charge >= 0.3 is 0 Å². The van der Waals surface area contributed by atoms with Crippen LogP contribution in [0.15, 0.2) is 42.6 Å². The Morgan fingerprint density at radius 2 is 2.00 bits per heavy atom. The third-order valence-electron chi connectivity index (χ3n) is 3.74. The molecule has 1 aromatic heterocycles. The third kappa shape index (κ3) is 5.00. The Hall–Kier alpha value is -2.96. The molecule has 0 bridgehead atoms. The highest BCUT2D eigenvalue weighted by Crippen LogP contribution is 2.30. The maximum absolute atomic E-state index is 13.5. The van der Waals surface area contributed by atoms with Crippen molar-refractivity contribution in [2.75, 3.05) is 11.9 Å². The number of aromatic nitrogens is 1. The molecular weight excluding hydrogens is 325 g/mol. The molecule has 1 saturated carbocycles. The van der Waals surface area contributed by atoms with Crippen molar-refractivity contribution in [3.8, 4) is 5.88 Å². The highest BCUT2D eigenvalue weighted by molar-refractivity contribution is 5.93. The predicted octanol–water partition coefficient (Wildman–Crippen LogP) is 2.26. The summed E-state index contributed by atoms with van der Waals surface area (Å²) in [5, 5.41) is 5.35. The van der Waals surface area contributed by atoms with Crippen LogP contribution in [-0.4, -0.2) is 23.4 Å². The van der Waals surface area contributed by atoms with Crippen LogP contribution >= 0.6 is 0 Å². The average molecular weight is 343 g/mol. The van der Waals surface area contributed by atoms with Gasteiger partial charge in [0.25, 0.3) is 5.91 Å². The molecule has 2 N–H and O–H groups in total.